The molecule has 0 atom stereocenters. The molecule has 0 amide bonds. The van der Waals surface area contributed by atoms with E-state index < -0.39 is 15.8 Å². The Labute approximate surface area is 267 Å². The first-order chi connectivity index (χ1) is 21.4. The Bertz CT molecular complexity index is 1500. The Kier molecular flexibility index (Phi) is 10.6. The van der Waals surface area contributed by atoms with E-state index in [1.807, 2.05) is 0 Å². The highest BCUT2D eigenvalue weighted by Crippen LogP contribution is 2.37. The van der Waals surface area contributed by atoms with Crippen molar-refractivity contribution < 1.29 is 0 Å². The molecule has 0 aliphatic heterocycles. The van der Waals surface area contributed by atoms with Crippen molar-refractivity contribution in [3.63, 3.8) is 0 Å². The first-order valence-corrected chi connectivity index (χ1v) is 18.0. The number of rotatable bonds is 6. The maximum atomic E-state index is 2.29. The lowest BCUT2D eigenvalue weighted by molar-refractivity contribution is 1.49. The fourth-order valence-corrected chi connectivity index (χ4v) is 11.2. The maximum absolute atomic E-state index is 2.29. The van der Waals surface area contributed by atoms with Crippen LogP contribution in [0.25, 0.3) is 0 Å². The van der Waals surface area contributed by atoms with Crippen LogP contribution in [-0.4, -0.2) is 0 Å². The van der Waals surface area contributed by atoms with Gasteiger partial charge < -0.3 is 0 Å². The molecule has 6 aromatic rings. The van der Waals surface area contributed by atoms with Gasteiger partial charge in [0.25, 0.3) is 0 Å². The van der Waals surface area contributed by atoms with Crippen LogP contribution < -0.4 is 31.8 Å². The molecule has 2 heteroatoms. The number of hydrogen-bond donors (Lipinski definition) is 0. The first-order valence-electron chi connectivity index (χ1n) is 15.3. The summed E-state index contributed by atoms with van der Waals surface area (Å²) in [5.74, 6) is 0. The third-order valence-corrected chi connectivity index (χ3v) is 14.0. The van der Waals surface area contributed by atoms with Gasteiger partial charge in [0.15, 0.2) is 0 Å². The molecule has 0 unspecified atom stereocenters. The van der Waals surface area contributed by atoms with Crippen molar-refractivity contribution in [3.05, 3.63) is 179 Å². The molecular weight excluding hydrogens is 566 g/mol. The summed E-state index contributed by atoms with van der Waals surface area (Å²) in [6.45, 7) is 13.3. The minimum atomic E-state index is -0.508. The van der Waals surface area contributed by atoms with Gasteiger partial charge in [-0.25, -0.2) is 0 Å². The number of hydrogen-bond acceptors (Lipinski definition) is 0. The lowest BCUT2D eigenvalue weighted by Crippen LogP contribution is -2.25. The van der Waals surface area contributed by atoms with Crippen LogP contribution in [0.2, 0.25) is 0 Å². The topological polar surface area (TPSA) is 0 Å². The van der Waals surface area contributed by atoms with Crippen molar-refractivity contribution in [2.75, 3.05) is 0 Å². The average Bonchev–Trinajstić information content (AvgIpc) is 3.03. The van der Waals surface area contributed by atoms with Gasteiger partial charge in [-0.05, 0) is 123 Å². The molecule has 0 aromatic heterocycles. The van der Waals surface area contributed by atoms with Gasteiger partial charge in [0, 0.05) is 0 Å². The van der Waals surface area contributed by atoms with Crippen molar-refractivity contribution in [2.45, 2.75) is 41.5 Å². The van der Waals surface area contributed by atoms with Gasteiger partial charge in [-0.2, -0.15) is 0 Å². The quantitative estimate of drug-likeness (QED) is 0.166. The van der Waals surface area contributed by atoms with E-state index in [2.05, 4.69) is 187 Å². The van der Waals surface area contributed by atoms with E-state index >= 15 is 0 Å². The third-order valence-electron chi connectivity index (χ3n) is 8.14. The van der Waals surface area contributed by atoms with E-state index in [0.29, 0.717) is 0 Å². The van der Waals surface area contributed by atoms with Crippen molar-refractivity contribution in [2.24, 2.45) is 0 Å². The molecule has 0 heterocycles. The molecule has 0 aliphatic carbocycles. The van der Waals surface area contributed by atoms with E-state index in [-0.39, 0.29) is 0 Å². The summed E-state index contributed by atoms with van der Waals surface area (Å²) in [5, 5.41) is 8.76. The minimum absolute atomic E-state index is 0.508. The summed E-state index contributed by atoms with van der Waals surface area (Å²) >= 11 is 0. The largest absolute Gasteiger partial charge is 0.0620 e. The molecular formula is C42H42P2. The van der Waals surface area contributed by atoms with Crippen molar-refractivity contribution >= 4 is 47.7 Å². The molecule has 0 bridgehead atoms. The highest BCUT2D eigenvalue weighted by Gasteiger charge is 2.22. The van der Waals surface area contributed by atoms with Crippen LogP contribution in [0.1, 0.15) is 33.4 Å². The van der Waals surface area contributed by atoms with E-state index in [1.165, 1.54) is 65.2 Å². The third kappa shape index (κ3) is 7.11. The molecule has 0 aliphatic rings. The van der Waals surface area contributed by atoms with Crippen LogP contribution in [0.15, 0.2) is 146 Å². The van der Waals surface area contributed by atoms with Gasteiger partial charge >= 0.3 is 0 Å². The molecule has 220 valence electrons. The maximum Gasteiger partial charge on any atom is -0.0122 e. The molecule has 0 fully saturated rings. The van der Waals surface area contributed by atoms with Crippen molar-refractivity contribution in [3.8, 4) is 0 Å². The fraction of sp³-hybridized carbons (Fsp3) is 0.143. The highest BCUT2D eigenvalue weighted by atomic mass is 31.1. The molecule has 0 nitrogen and oxygen atoms in total. The van der Waals surface area contributed by atoms with Crippen LogP contribution >= 0.6 is 15.8 Å². The van der Waals surface area contributed by atoms with Gasteiger partial charge in [-0.3, -0.25) is 0 Å². The lowest BCUT2D eigenvalue weighted by Gasteiger charge is -2.24. The SMILES string of the molecule is Cc1ccccc1P(c1ccccc1C)c1ccccc1C.Cc1ccccc1P(c1ccccc1C)c1ccccc1C. The molecule has 0 radical (unpaired) electrons. The molecule has 44 heavy (non-hydrogen) atoms. The van der Waals surface area contributed by atoms with E-state index in [9.17, 15) is 0 Å². The van der Waals surface area contributed by atoms with Gasteiger partial charge in [-0.1, -0.05) is 146 Å². The van der Waals surface area contributed by atoms with Crippen molar-refractivity contribution in [1.29, 1.82) is 0 Å². The lowest BCUT2D eigenvalue weighted by atomic mass is 10.2. The predicted molar refractivity (Wildman–Crippen MR) is 199 cm³/mol. The molecule has 0 spiro atoms. The fourth-order valence-electron chi connectivity index (χ4n) is 5.66. The van der Waals surface area contributed by atoms with Crippen molar-refractivity contribution in [1.82, 2.24) is 0 Å². The monoisotopic (exact) mass is 608 g/mol. The molecule has 0 N–H and O–H groups in total. The molecule has 0 saturated carbocycles. The Morgan fingerprint density at radius 3 is 0.500 bits per heavy atom. The number of aryl methyl sites for hydroxylation is 6. The van der Waals surface area contributed by atoms with Crippen LogP contribution in [0.3, 0.4) is 0 Å². The minimum Gasteiger partial charge on any atom is -0.0620 e. The summed E-state index contributed by atoms with van der Waals surface area (Å²) in [7, 11) is -1.02. The van der Waals surface area contributed by atoms with Crippen LogP contribution in [0.4, 0.5) is 0 Å². The second-order valence-electron chi connectivity index (χ2n) is 11.4. The Balaban J connectivity index is 0.000000175. The number of benzene rings is 6. The predicted octanol–water partition coefficient (Wildman–Crippen LogP) is 8.74. The Hall–Kier alpha value is -3.82. The van der Waals surface area contributed by atoms with Gasteiger partial charge in [0.05, 0.1) is 0 Å². The zero-order valence-corrected chi connectivity index (χ0v) is 28.5. The summed E-state index contributed by atoms with van der Waals surface area (Å²) in [4.78, 5) is 0. The second-order valence-corrected chi connectivity index (χ2v) is 15.6. The van der Waals surface area contributed by atoms with Crippen LogP contribution in [-0.2, 0) is 0 Å². The molecule has 6 aromatic carbocycles. The molecule has 6 rings (SSSR count). The normalized spacial score (nSPS) is 10.9. The average molecular weight is 609 g/mol. The van der Waals surface area contributed by atoms with E-state index in [4.69, 9.17) is 0 Å². The zero-order chi connectivity index (χ0) is 31.1. The van der Waals surface area contributed by atoms with Gasteiger partial charge in [-0.15, -0.1) is 0 Å². The smallest absolute Gasteiger partial charge is 0.0122 e. The molecule has 0 saturated heterocycles. The summed E-state index contributed by atoms with van der Waals surface area (Å²) in [6, 6.07) is 52.8. The summed E-state index contributed by atoms with van der Waals surface area (Å²) in [6.07, 6.45) is 0. The Morgan fingerprint density at radius 1 is 0.227 bits per heavy atom. The van der Waals surface area contributed by atoms with E-state index in [1.54, 1.807) is 0 Å². The van der Waals surface area contributed by atoms with E-state index in [0.717, 1.165) is 0 Å². The Morgan fingerprint density at radius 2 is 0.364 bits per heavy atom. The standard InChI is InChI=1S/2C21H21P/c2*1-16-10-4-7-13-19(16)22(20-14-8-5-11-17(20)2)21-15-9-6-12-18(21)3/h2*4-15H,1-3H3. The highest BCUT2D eigenvalue weighted by molar-refractivity contribution is 7.80. The summed E-state index contributed by atoms with van der Waals surface area (Å²) < 4.78 is 0. The van der Waals surface area contributed by atoms with Crippen LogP contribution in [0.5, 0.6) is 0 Å². The zero-order valence-electron chi connectivity index (χ0n) is 26.8. The second kappa shape index (κ2) is 14.8. The van der Waals surface area contributed by atoms with Gasteiger partial charge in [0.1, 0.15) is 0 Å². The summed E-state index contributed by atoms with van der Waals surface area (Å²) in [5.41, 5.74) is 8.25. The van der Waals surface area contributed by atoms with Crippen LogP contribution in [0, 0.1) is 41.5 Å². The van der Waals surface area contributed by atoms with Gasteiger partial charge in [0.2, 0.25) is 0 Å². The first kappa shape index (κ1) is 31.6.